The summed E-state index contributed by atoms with van der Waals surface area (Å²) in [5.74, 6) is 0.605. The molecule has 27 heavy (non-hydrogen) atoms. The number of allylic oxidation sites excluding steroid dienone is 2. The number of benzene rings is 1. The zero-order valence-electron chi connectivity index (χ0n) is 16.3. The Balaban J connectivity index is 1.59. The first-order valence-electron chi connectivity index (χ1n) is 10.9. The topological polar surface area (TPSA) is 24.1 Å². The average Bonchev–Trinajstić information content (AvgIpc) is 2.82. The summed E-state index contributed by atoms with van der Waals surface area (Å²) < 4.78 is 0.875. The number of rotatable bonds is 3. The number of hydrogen-bond acceptors (Lipinski definition) is 2. The lowest BCUT2D eigenvalue weighted by molar-refractivity contribution is 0.357. The zero-order valence-corrected chi connectivity index (χ0v) is 18.5. The highest BCUT2D eigenvalue weighted by Gasteiger charge is 2.30. The molecule has 2 nitrogen and oxygen atoms in total. The lowest BCUT2D eigenvalue weighted by Gasteiger charge is -2.36. The largest absolute Gasteiger partial charge is 0.385 e. The van der Waals surface area contributed by atoms with Crippen molar-refractivity contribution in [1.82, 2.24) is 10.6 Å². The summed E-state index contributed by atoms with van der Waals surface area (Å²) in [7, 11) is 0. The predicted octanol–water partition coefficient (Wildman–Crippen LogP) is 5.84. The molecule has 2 atom stereocenters. The maximum absolute atomic E-state index is 4.02. The molecule has 0 radical (unpaired) electrons. The van der Waals surface area contributed by atoms with Crippen molar-refractivity contribution in [3.8, 4) is 0 Å². The zero-order chi connectivity index (χ0) is 18.5. The van der Waals surface area contributed by atoms with E-state index in [9.17, 15) is 0 Å². The van der Waals surface area contributed by atoms with Crippen LogP contribution in [0.1, 0.15) is 63.4 Å². The number of halogens is 1. The standard InChI is InChI=1S/C24H33IN2/c25-20-11-13-21(14-12-20)27-24-17-19(18-8-4-3-5-9-18)16-23-22(24)10-6-1-2-7-15-26-23/h3-5,8-9,16-17,20-23,26-27H,1-2,6-7,10-15H2. The first-order valence-corrected chi connectivity index (χ1v) is 12.2. The molecule has 0 bridgehead atoms. The maximum atomic E-state index is 4.02. The van der Waals surface area contributed by atoms with E-state index in [4.69, 9.17) is 0 Å². The minimum atomic E-state index is 0.465. The van der Waals surface area contributed by atoms with Crippen LogP contribution in [0.3, 0.4) is 0 Å². The van der Waals surface area contributed by atoms with Gasteiger partial charge in [0, 0.05) is 27.6 Å². The second-order valence-electron chi connectivity index (χ2n) is 8.47. The van der Waals surface area contributed by atoms with E-state index in [1.807, 2.05) is 0 Å². The SMILES string of the molecule is IC1CCC(NC2=CC(c3ccccc3)=CC3NCCCCCCC23)CC1. The van der Waals surface area contributed by atoms with Crippen molar-refractivity contribution in [3.63, 3.8) is 0 Å². The van der Waals surface area contributed by atoms with Crippen molar-refractivity contribution in [1.29, 1.82) is 0 Å². The fourth-order valence-electron chi connectivity index (χ4n) is 4.87. The Bertz CT molecular complexity index is 658. The Hall–Kier alpha value is -0.810. The highest BCUT2D eigenvalue weighted by molar-refractivity contribution is 14.1. The van der Waals surface area contributed by atoms with E-state index in [1.54, 1.807) is 0 Å². The predicted molar refractivity (Wildman–Crippen MR) is 124 cm³/mol. The monoisotopic (exact) mass is 476 g/mol. The normalized spacial score (nSPS) is 32.2. The Morgan fingerprint density at radius 1 is 0.889 bits per heavy atom. The van der Waals surface area contributed by atoms with Crippen LogP contribution in [0.4, 0.5) is 0 Å². The second kappa shape index (κ2) is 9.60. The van der Waals surface area contributed by atoms with Gasteiger partial charge < -0.3 is 10.6 Å². The smallest absolute Gasteiger partial charge is 0.0342 e. The molecule has 4 rings (SSSR count). The van der Waals surface area contributed by atoms with E-state index in [1.165, 1.54) is 74.6 Å². The van der Waals surface area contributed by atoms with Crippen LogP contribution >= 0.6 is 22.6 Å². The van der Waals surface area contributed by atoms with Gasteiger partial charge in [-0.15, -0.1) is 0 Å². The first-order chi connectivity index (χ1) is 13.3. The quantitative estimate of drug-likeness (QED) is 0.423. The van der Waals surface area contributed by atoms with E-state index in [0.717, 1.165) is 10.5 Å². The van der Waals surface area contributed by atoms with Gasteiger partial charge in [0.15, 0.2) is 0 Å². The van der Waals surface area contributed by atoms with Crippen LogP contribution in [-0.4, -0.2) is 22.6 Å². The van der Waals surface area contributed by atoms with Gasteiger partial charge in [0.2, 0.25) is 0 Å². The van der Waals surface area contributed by atoms with Gasteiger partial charge in [0.25, 0.3) is 0 Å². The third kappa shape index (κ3) is 5.17. The number of alkyl halides is 1. The molecular formula is C24H33IN2. The second-order valence-corrected chi connectivity index (χ2v) is 10.2. The summed E-state index contributed by atoms with van der Waals surface area (Å²) in [6.45, 7) is 1.15. The summed E-state index contributed by atoms with van der Waals surface area (Å²) in [4.78, 5) is 0. The van der Waals surface area contributed by atoms with Gasteiger partial charge in [0.05, 0.1) is 0 Å². The van der Waals surface area contributed by atoms with E-state index >= 15 is 0 Å². The van der Waals surface area contributed by atoms with Crippen LogP contribution in [0.5, 0.6) is 0 Å². The van der Waals surface area contributed by atoms with Crippen molar-refractivity contribution < 1.29 is 0 Å². The molecule has 146 valence electrons. The summed E-state index contributed by atoms with van der Waals surface area (Å²) >= 11 is 2.63. The molecule has 2 aliphatic carbocycles. The lowest BCUT2D eigenvalue weighted by Crippen LogP contribution is -2.43. The molecule has 1 aliphatic heterocycles. The van der Waals surface area contributed by atoms with Crippen LogP contribution in [0.25, 0.3) is 5.57 Å². The van der Waals surface area contributed by atoms with Crippen molar-refractivity contribution in [2.45, 2.75) is 73.8 Å². The highest BCUT2D eigenvalue weighted by atomic mass is 127. The summed E-state index contributed by atoms with van der Waals surface area (Å²) in [5, 5.41) is 7.90. The third-order valence-corrected chi connectivity index (χ3v) is 7.71. The highest BCUT2D eigenvalue weighted by Crippen LogP contribution is 2.34. The number of fused-ring (bicyclic) bond motifs is 1. The van der Waals surface area contributed by atoms with E-state index in [2.05, 4.69) is 75.7 Å². The van der Waals surface area contributed by atoms with Crippen LogP contribution < -0.4 is 10.6 Å². The summed E-state index contributed by atoms with van der Waals surface area (Å²) in [6.07, 6.45) is 17.0. The summed E-state index contributed by atoms with van der Waals surface area (Å²) in [5.41, 5.74) is 4.22. The van der Waals surface area contributed by atoms with Crippen LogP contribution in [0.2, 0.25) is 0 Å². The molecule has 3 aliphatic rings. The van der Waals surface area contributed by atoms with Crippen molar-refractivity contribution in [2.75, 3.05) is 6.54 Å². The van der Waals surface area contributed by atoms with Crippen LogP contribution in [0, 0.1) is 5.92 Å². The Kier molecular flexibility index (Phi) is 6.93. The molecule has 2 fully saturated rings. The summed E-state index contributed by atoms with van der Waals surface area (Å²) in [6, 6.07) is 12.0. The molecule has 1 heterocycles. The molecule has 0 amide bonds. The molecule has 0 spiro atoms. The van der Waals surface area contributed by atoms with Crippen molar-refractivity contribution >= 4 is 28.2 Å². The van der Waals surface area contributed by atoms with Crippen molar-refractivity contribution in [3.05, 3.63) is 53.7 Å². The molecule has 3 heteroatoms. The van der Waals surface area contributed by atoms with Crippen molar-refractivity contribution in [2.24, 2.45) is 5.92 Å². The van der Waals surface area contributed by atoms with Gasteiger partial charge >= 0.3 is 0 Å². The van der Waals surface area contributed by atoms with Gasteiger partial charge in [-0.25, -0.2) is 0 Å². The molecule has 1 saturated heterocycles. The van der Waals surface area contributed by atoms with Gasteiger partial charge in [0.1, 0.15) is 0 Å². The average molecular weight is 476 g/mol. The fourth-order valence-corrected chi connectivity index (χ4v) is 5.58. The molecule has 2 N–H and O–H groups in total. The maximum Gasteiger partial charge on any atom is 0.0342 e. The molecular weight excluding hydrogens is 443 g/mol. The van der Waals surface area contributed by atoms with E-state index in [-0.39, 0.29) is 0 Å². The van der Waals surface area contributed by atoms with E-state index in [0.29, 0.717) is 18.0 Å². The third-order valence-electron chi connectivity index (χ3n) is 6.46. The van der Waals surface area contributed by atoms with Gasteiger partial charge in [-0.1, -0.05) is 78.3 Å². The minimum absolute atomic E-state index is 0.465. The van der Waals surface area contributed by atoms with Crippen LogP contribution in [-0.2, 0) is 0 Å². The first kappa shape index (κ1) is 19.5. The molecule has 2 unspecified atom stereocenters. The van der Waals surface area contributed by atoms with E-state index < -0.39 is 0 Å². The lowest BCUT2D eigenvalue weighted by atomic mass is 9.82. The number of nitrogens with one attached hydrogen (secondary N) is 2. The molecule has 1 saturated carbocycles. The van der Waals surface area contributed by atoms with Gasteiger partial charge in [-0.3, -0.25) is 0 Å². The Morgan fingerprint density at radius 2 is 1.67 bits per heavy atom. The minimum Gasteiger partial charge on any atom is -0.385 e. The van der Waals surface area contributed by atoms with Gasteiger partial charge in [-0.05, 0) is 62.3 Å². The molecule has 1 aromatic carbocycles. The number of hydrogen-bond donors (Lipinski definition) is 2. The van der Waals surface area contributed by atoms with Crippen LogP contribution in [0.15, 0.2) is 48.2 Å². The fraction of sp³-hybridized carbons (Fsp3) is 0.583. The Morgan fingerprint density at radius 3 is 2.48 bits per heavy atom. The molecule has 0 aromatic heterocycles. The van der Waals surface area contributed by atoms with Gasteiger partial charge in [-0.2, -0.15) is 0 Å². The molecule has 1 aromatic rings. The Labute approximate surface area is 178 Å².